The molecule has 0 spiro atoms. The summed E-state index contributed by atoms with van der Waals surface area (Å²) in [6.07, 6.45) is 3.69. The molecule has 0 radical (unpaired) electrons. The van der Waals surface area contributed by atoms with Gasteiger partial charge in [0.25, 0.3) is 0 Å². The number of hydrogen-bond acceptors (Lipinski definition) is 2. The van der Waals surface area contributed by atoms with Gasteiger partial charge in [-0.1, -0.05) is 13.8 Å². The molecule has 0 aliphatic carbocycles. The van der Waals surface area contributed by atoms with Crippen LogP contribution in [0.25, 0.3) is 0 Å². The lowest BCUT2D eigenvalue weighted by atomic mass is 9.85. The van der Waals surface area contributed by atoms with Gasteiger partial charge in [-0.05, 0) is 31.6 Å². The minimum Gasteiger partial charge on any atom is -0.481 e. The molecule has 0 amide bonds. The summed E-state index contributed by atoms with van der Waals surface area (Å²) < 4.78 is 0. The summed E-state index contributed by atoms with van der Waals surface area (Å²) >= 11 is 0. The molecule has 0 bridgehead atoms. The van der Waals surface area contributed by atoms with E-state index in [-0.39, 0.29) is 12.0 Å². The molecule has 0 fully saturated rings. The van der Waals surface area contributed by atoms with Gasteiger partial charge in [-0.15, -0.1) is 0 Å². The minimum atomic E-state index is -0.741. The third-order valence-corrected chi connectivity index (χ3v) is 2.86. The molecule has 0 saturated carbocycles. The molecule has 2 N–H and O–H groups in total. The highest BCUT2D eigenvalue weighted by Gasteiger charge is 2.33. The fraction of sp³-hybridized carbons (Fsp3) is 0.583. The molecule has 4 nitrogen and oxygen atoms in total. The highest BCUT2D eigenvalue weighted by atomic mass is 16.4. The number of H-pyrrole nitrogens is 1. The summed E-state index contributed by atoms with van der Waals surface area (Å²) in [6.45, 7) is 3.89. The Morgan fingerprint density at radius 2 is 2.06 bits per heavy atom. The average Bonchev–Trinajstić information content (AvgIpc) is 2.64. The van der Waals surface area contributed by atoms with Gasteiger partial charge < -0.3 is 15.0 Å². The summed E-state index contributed by atoms with van der Waals surface area (Å²) in [5.41, 5.74) is 1.02. The van der Waals surface area contributed by atoms with E-state index in [2.05, 4.69) is 4.98 Å². The number of aromatic nitrogens is 1. The third kappa shape index (κ3) is 2.64. The van der Waals surface area contributed by atoms with Gasteiger partial charge in [0.15, 0.2) is 0 Å². The molecule has 2 unspecified atom stereocenters. The van der Waals surface area contributed by atoms with Gasteiger partial charge in [0.1, 0.15) is 0 Å². The Hall–Kier alpha value is -1.29. The first-order valence-electron chi connectivity index (χ1n) is 5.47. The van der Waals surface area contributed by atoms with Gasteiger partial charge in [-0.25, -0.2) is 0 Å². The van der Waals surface area contributed by atoms with Crippen LogP contribution in [-0.4, -0.2) is 35.1 Å². The first kappa shape index (κ1) is 12.8. The van der Waals surface area contributed by atoms with E-state index >= 15 is 0 Å². The van der Waals surface area contributed by atoms with Crippen molar-refractivity contribution in [2.24, 2.45) is 11.8 Å². The number of aliphatic carboxylic acids is 1. The van der Waals surface area contributed by atoms with Crippen molar-refractivity contribution < 1.29 is 9.90 Å². The fourth-order valence-corrected chi connectivity index (χ4v) is 2.13. The minimum absolute atomic E-state index is 0.0938. The van der Waals surface area contributed by atoms with Gasteiger partial charge in [0.2, 0.25) is 0 Å². The van der Waals surface area contributed by atoms with Crippen LogP contribution in [0.15, 0.2) is 18.5 Å². The summed E-state index contributed by atoms with van der Waals surface area (Å²) in [5.74, 6) is -1.04. The van der Waals surface area contributed by atoms with Crippen molar-refractivity contribution in [1.82, 2.24) is 9.88 Å². The van der Waals surface area contributed by atoms with E-state index in [1.807, 2.05) is 51.3 Å². The molecular formula is C12H20N2O2. The molecule has 0 saturated heterocycles. The van der Waals surface area contributed by atoms with Crippen LogP contribution < -0.4 is 0 Å². The fourth-order valence-electron chi connectivity index (χ4n) is 2.13. The van der Waals surface area contributed by atoms with E-state index in [1.165, 1.54) is 0 Å². The largest absolute Gasteiger partial charge is 0.481 e. The Balaban J connectivity index is 3.05. The lowest BCUT2D eigenvalue weighted by Crippen LogP contribution is -2.35. The first-order chi connectivity index (χ1) is 7.45. The second kappa shape index (κ2) is 5.16. The number of carboxylic acids is 1. The number of hydrogen-bond donors (Lipinski definition) is 2. The Morgan fingerprint density at radius 1 is 1.44 bits per heavy atom. The van der Waals surface area contributed by atoms with Crippen LogP contribution in [0.3, 0.4) is 0 Å². The molecule has 0 aliphatic rings. The number of carboxylic acid groups (broad SMARTS) is 1. The topological polar surface area (TPSA) is 56.3 Å². The zero-order chi connectivity index (χ0) is 12.3. The smallest absolute Gasteiger partial charge is 0.308 e. The normalized spacial score (nSPS) is 15.4. The zero-order valence-electron chi connectivity index (χ0n) is 10.3. The van der Waals surface area contributed by atoms with Crippen molar-refractivity contribution >= 4 is 5.97 Å². The molecule has 2 atom stereocenters. The van der Waals surface area contributed by atoms with Crippen LogP contribution >= 0.6 is 0 Å². The van der Waals surface area contributed by atoms with Crippen molar-refractivity contribution in [3.05, 3.63) is 24.0 Å². The predicted molar refractivity (Wildman–Crippen MR) is 63.2 cm³/mol. The molecule has 16 heavy (non-hydrogen) atoms. The van der Waals surface area contributed by atoms with E-state index in [9.17, 15) is 9.90 Å². The summed E-state index contributed by atoms with van der Waals surface area (Å²) in [5, 5.41) is 9.32. The van der Waals surface area contributed by atoms with E-state index < -0.39 is 11.9 Å². The Labute approximate surface area is 96.3 Å². The maximum absolute atomic E-state index is 11.3. The van der Waals surface area contributed by atoms with Crippen molar-refractivity contribution in [2.45, 2.75) is 19.9 Å². The Morgan fingerprint density at radius 3 is 2.38 bits per heavy atom. The maximum Gasteiger partial charge on any atom is 0.308 e. The van der Waals surface area contributed by atoms with Crippen LogP contribution in [0.4, 0.5) is 0 Å². The lowest BCUT2D eigenvalue weighted by Gasteiger charge is -2.31. The van der Waals surface area contributed by atoms with Gasteiger partial charge in [-0.3, -0.25) is 4.79 Å². The monoisotopic (exact) mass is 224 g/mol. The second-order valence-corrected chi connectivity index (χ2v) is 4.66. The number of nitrogens with one attached hydrogen (secondary N) is 1. The average molecular weight is 224 g/mol. The molecule has 4 heteroatoms. The lowest BCUT2D eigenvalue weighted by molar-refractivity contribution is -0.146. The molecule has 1 heterocycles. The molecule has 1 rings (SSSR count). The molecule has 1 aromatic rings. The van der Waals surface area contributed by atoms with Gasteiger partial charge in [0, 0.05) is 18.4 Å². The zero-order valence-corrected chi connectivity index (χ0v) is 10.3. The number of carbonyl (C=O) groups is 1. The standard InChI is InChI=1S/C12H20N2O2/c1-8(2)10(12(15)16)11(14(3)4)9-5-6-13-7-9/h5-8,10-11,13H,1-4H3,(H,15,16). The van der Waals surface area contributed by atoms with Crippen LogP contribution in [-0.2, 0) is 4.79 Å². The van der Waals surface area contributed by atoms with Crippen molar-refractivity contribution in [3.63, 3.8) is 0 Å². The van der Waals surface area contributed by atoms with E-state index in [4.69, 9.17) is 0 Å². The summed E-state index contributed by atoms with van der Waals surface area (Å²) in [7, 11) is 3.83. The highest BCUT2D eigenvalue weighted by molar-refractivity contribution is 5.71. The predicted octanol–water partition coefficient (Wildman–Crippen LogP) is 1.97. The molecule has 1 aromatic heterocycles. The molecule has 0 aliphatic heterocycles. The van der Waals surface area contributed by atoms with Crippen molar-refractivity contribution in [2.75, 3.05) is 14.1 Å². The summed E-state index contributed by atoms with van der Waals surface area (Å²) in [4.78, 5) is 16.3. The number of rotatable bonds is 5. The van der Waals surface area contributed by atoms with Crippen molar-refractivity contribution in [1.29, 1.82) is 0 Å². The van der Waals surface area contributed by atoms with E-state index in [1.54, 1.807) is 0 Å². The Kier molecular flexibility index (Phi) is 4.12. The van der Waals surface area contributed by atoms with Crippen molar-refractivity contribution in [3.8, 4) is 0 Å². The summed E-state index contributed by atoms with van der Waals surface area (Å²) in [6, 6.07) is 1.84. The number of nitrogens with zero attached hydrogens (tertiary/aromatic N) is 1. The van der Waals surface area contributed by atoms with E-state index in [0.29, 0.717) is 0 Å². The Bertz CT molecular complexity index is 331. The molecule has 90 valence electrons. The molecular weight excluding hydrogens is 204 g/mol. The van der Waals surface area contributed by atoms with Crippen LogP contribution in [0.5, 0.6) is 0 Å². The van der Waals surface area contributed by atoms with Crippen LogP contribution in [0, 0.1) is 11.8 Å². The van der Waals surface area contributed by atoms with E-state index in [0.717, 1.165) is 5.56 Å². The van der Waals surface area contributed by atoms with Gasteiger partial charge in [-0.2, -0.15) is 0 Å². The number of aromatic amines is 1. The van der Waals surface area contributed by atoms with Gasteiger partial charge >= 0.3 is 5.97 Å². The maximum atomic E-state index is 11.3. The first-order valence-corrected chi connectivity index (χ1v) is 5.47. The third-order valence-electron chi connectivity index (χ3n) is 2.86. The SMILES string of the molecule is CC(C)C(C(=O)O)C(c1cc[nH]c1)N(C)C. The van der Waals surface area contributed by atoms with Crippen LogP contribution in [0.2, 0.25) is 0 Å². The highest BCUT2D eigenvalue weighted by Crippen LogP contribution is 2.31. The second-order valence-electron chi connectivity index (χ2n) is 4.66. The molecule has 0 aromatic carbocycles. The van der Waals surface area contributed by atoms with Gasteiger partial charge in [0.05, 0.1) is 5.92 Å². The van der Waals surface area contributed by atoms with Crippen LogP contribution in [0.1, 0.15) is 25.5 Å². The quantitative estimate of drug-likeness (QED) is 0.804.